The minimum atomic E-state index is -3.54. The van der Waals surface area contributed by atoms with E-state index in [4.69, 9.17) is 0 Å². The van der Waals surface area contributed by atoms with Crippen LogP contribution in [-0.2, 0) is 23.6 Å². The van der Waals surface area contributed by atoms with Gasteiger partial charge in [0.2, 0.25) is 0 Å². The van der Waals surface area contributed by atoms with Crippen molar-refractivity contribution in [2.45, 2.75) is 24.1 Å². The SMILES string of the molecule is CCCNCc1csc(S(=O)(=O)Nc2ccn(C)n2)c1. The number of aromatic nitrogens is 2. The van der Waals surface area contributed by atoms with Crippen LogP contribution in [0.25, 0.3) is 0 Å². The average molecular weight is 314 g/mol. The molecule has 8 heteroatoms. The van der Waals surface area contributed by atoms with Gasteiger partial charge in [0.25, 0.3) is 10.0 Å². The van der Waals surface area contributed by atoms with Gasteiger partial charge in [-0.05, 0) is 30.0 Å². The van der Waals surface area contributed by atoms with Crippen molar-refractivity contribution < 1.29 is 8.42 Å². The summed E-state index contributed by atoms with van der Waals surface area (Å²) >= 11 is 1.22. The molecular weight excluding hydrogens is 296 g/mol. The lowest BCUT2D eigenvalue weighted by Crippen LogP contribution is -2.14. The van der Waals surface area contributed by atoms with E-state index in [9.17, 15) is 8.42 Å². The molecule has 6 nitrogen and oxygen atoms in total. The Morgan fingerprint density at radius 2 is 2.25 bits per heavy atom. The third-order valence-corrected chi connectivity index (χ3v) is 5.45. The lowest BCUT2D eigenvalue weighted by atomic mass is 10.3. The van der Waals surface area contributed by atoms with Crippen LogP contribution in [0.2, 0.25) is 0 Å². The maximum atomic E-state index is 12.2. The molecule has 0 radical (unpaired) electrons. The minimum absolute atomic E-state index is 0.302. The van der Waals surface area contributed by atoms with Gasteiger partial charge in [0.05, 0.1) is 0 Å². The van der Waals surface area contributed by atoms with Crippen molar-refractivity contribution in [3.63, 3.8) is 0 Å². The van der Waals surface area contributed by atoms with Crippen LogP contribution in [0.4, 0.5) is 5.82 Å². The van der Waals surface area contributed by atoms with Gasteiger partial charge in [-0.15, -0.1) is 11.3 Å². The zero-order valence-corrected chi connectivity index (χ0v) is 13.1. The number of sulfonamides is 1. The van der Waals surface area contributed by atoms with Crippen LogP contribution in [0.3, 0.4) is 0 Å². The summed E-state index contributed by atoms with van der Waals surface area (Å²) < 4.78 is 28.7. The first-order valence-electron chi connectivity index (χ1n) is 6.32. The third-order valence-electron chi connectivity index (χ3n) is 2.60. The van der Waals surface area contributed by atoms with Crippen LogP contribution < -0.4 is 10.0 Å². The first kappa shape index (κ1) is 15.0. The van der Waals surface area contributed by atoms with Crippen molar-refractivity contribution in [2.24, 2.45) is 7.05 Å². The Hall–Kier alpha value is -1.38. The van der Waals surface area contributed by atoms with E-state index in [0.717, 1.165) is 18.5 Å². The molecule has 2 rings (SSSR count). The van der Waals surface area contributed by atoms with E-state index in [1.807, 2.05) is 5.38 Å². The van der Waals surface area contributed by atoms with Crippen LogP contribution >= 0.6 is 11.3 Å². The summed E-state index contributed by atoms with van der Waals surface area (Å²) in [5, 5.41) is 9.11. The second-order valence-corrected chi connectivity index (χ2v) is 7.25. The zero-order chi connectivity index (χ0) is 14.6. The fourth-order valence-electron chi connectivity index (χ4n) is 1.65. The summed E-state index contributed by atoms with van der Waals surface area (Å²) in [6.45, 7) is 3.70. The van der Waals surface area contributed by atoms with Crippen LogP contribution in [-0.4, -0.2) is 24.7 Å². The zero-order valence-electron chi connectivity index (χ0n) is 11.5. The van der Waals surface area contributed by atoms with E-state index >= 15 is 0 Å². The van der Waals surface area contributed by atoms with Gasteiger partial charge in [0.1, 0.15) is 4.21 Å². The van der Waals surface area contributed by atoms with Gasteiger partial charge >= 0.3 is 0 Å². The van der Waals surface area contributed by atoms with E-state index in [1.165, 1.54) is 11.3 Å². The number of hydrogen-bond acceptors (Lipinski definition) is 5. The molecule has 0 aliphatic rings. The van der Waals surface area contributed by atoms with Gasteiger partial charge in [0, 0.05) is 25.9 Å². The predicted octanol–water partition coefficient (Wildman–Crippen LogP) is 1.78. The molecular formula is C12H18N4O2S2. The van der Waals surface area contributed by atoms with Gasteiger partial charge in [-0.25, -0.2) is 8.42 Å². The Morgan fingerprint density at radius 1 is 1.45 bits per heavy atom. The molecule has 0 spiro atoms. The van der Waals surface area contributed by atoms with E-state index in [-0.39, 0.29) is 0 Å². The van der Waals surface area contributed by atoms with E-state index in [2.05, 4.69) is 22.1 Å². The normalized spacial score (nSPS) is 11.7. The van der Waals surface area contributed by atoms with E-state index in [1.54, 1.807) is 30.1 Å². The van der Waals surface area contributed by atoms with Gasteiger partial charge < -0.3 is 5.32 Å². The number of rotatable bonds is 7. The lowest BCUT2D eigenvalue weighted by molar-refractivity contribution is 0.602. The first-order chi connectivity index (χ1) is 9.51. The van der Waals surface area contributed by atoms with Crippen molar-refractivity contribution in [2.75, 3.05) is 11.3 Å². The largest absolute Gasteiger partial charge is 0.313 e. The van der Waals surface area contributed by atoms with Crippen LogP contribution in [0.15, 0.2) is 27.9 Å². The van der Waals surface area contributed by atoms with Gasteiger partial charge in [-0.3, -0.25) is 9.40 Å². The average Bonchev–Trinajstić information content (AvgIpc) is 2.99. The monoisotopic (exact) mass is 314 g/mol. The number of nitrogens with one attached hydrogen (secondary N) is 2. The molecule has 110 valence electrons. The summed E-state index contributed by atoms with van der Waals surface area (Å²) in [5.41, 5.74) is 0.977. The minimum Gasteiger partial charge on any atom is -0.313 e. The van der Waals surface area contributed by atoms with Gasteiger partial charge in [0.15, 0.2) is 5.82 Å². The molecule has 0 amide bonds. The molecule has 0 fully saturated rings. The van der Waals surface area contributed by atoms with Crippen molar-refractivity contribution >= 4 is 27.2 Å². The summed E-state index contributed by atoms with van der Waals surface area (Å²) in [4.78, 5) is 0. The Labute approximate surface area is 122 Å². The van der Waals surface area contributed by atoms with Crippen LogP contribution in [0, 0.1) is 0 Å². The molecule has 0 aliphatic carbocycles. The topological polar surface area (TPSA) is 76.0 Å². The second-order valence-electron chi connectivity index (χ2n) is 4.43. The summed E-state index contributed by atoms with van der Waals surface area (Å²) in [6.07, 6.45) is 2.74. The molecule has 0 atom stereocenters. The van der Waals surface area contributed by atoms with Crippen molar-refractivity contribution in [3.05, 3.63) is 29.3 Å². The Kier molecular flexibility index (Phi) is 4.79. The number of aryl methyl sites for hydroxylation is 1. The van der Waals surface area contributed by atoms with E-state index in [0.29, 0.717) is 16.6 Å². The van der Waals surface area contributed by atoms with Crippen molar-refractivity contribution in [3.8, 4) is 0 Å². The van der Waals surface area contributed by atoms with Crippen molar-refractivity contribution in [1.29, 1.82) is 0 Å². The molecule has 2 heterocycles. The van der Waals surface area contributed by atoms with Crippen molar-refractivity contribution in [1.82, 2.24) is 15.1 Å². The highest BCUT2D eigenvalue weighted by Crippen LogP contribution is 2.22. The second kappa shape index (κ2) is 6.38. The molecule has 0 aliphatic heterocycles. The fraction of sp³-hybridized carbons (Fsp3) is 0.417. The van der Waals surface area contributed by atoms with E-state index < -0.39 is 10.0 Å². The molecule has 20 heavy (non-hydrogen) atoms. The molecule has 0 saturated carbocycles. The summed E-state index contributed by atoms with van der Waals surface area (Å²) in [7, 11) is -1.81. The third kappa shape index (κ3) is 3.81. The first-order valence-corrected chi connectivity index (χ1v) is 8.68. The summed E-state index contributed by atoms with van der Waals surface area (Å²) in [6, 6.07) is 3.31. The maximum absolute atomic E-state index is 12.2. The number of anilines is 1. The van der Waals surface area contributed by atoms with Crippen LogP contribution in [0.5, 0.6) is 0 Å². The quantitative estimate of drug-likeness (QED) is 0.764. The number of hydrogen-bond donors (Lipinski definition) is 2. The van der Waals surface area contributed by atoms with Gasteiger partial charge in [-0.1, -0.05) is 6.92 Å². The molecule has 0 aromatic carbocycles. The predicted molar refractivity (Wildman–Crippen MR) is 80.3 cm³/mol. The Bertz CT molecular complexity index is 661. The highest BCUT2D eigenvalue weighted by atomic mass is 32.2. The standard InChI is InChI=1S/C12H18N4O2S2/c1-3-5-13-8-10-7-12(19-9-10)20(17,18)15-11-4-6-16(2)14-11/h4,6-7,9,13H,3,5,8H2,1-2H3,(H,14,15). The lowest BCUT2D eigenvalue weighted by Gasteiger charge is -2.02. The van der Waals surface area contributed by atoms with Crippen LogP contribution in [0.1, 0.15) is 18.9 Å². The molecule has 2 aromatic heterocycles. The summed E-state index contributed by atoms with van der Waals surface area (Å²) in [5.74, 6) is 0.326. The molecule has 2 aromatic rings. The fourth-order valence-corrected chi connectivity index (χ4v) is 3.86. The highest BCUT2D eigenvalue weighted by molar-refractivity contribution is 7.94. The Balaban J connectivity index is 2.06. The molecule has 0 saturated heterocycles. The smallest absolute Gasteiger partial charge is 0.272 e. The Morgan fingerprint density at radius 3 is 2.90 bits per heavy atom. The molecule has 0 unspecified atom stereocenters. The molecule has 0 bridgehead atoms. The highest BCUT2D eigenvalue weighted by Gasteiger charge is 2.17. The molecule has 2 N–H and O–H groups in total. The van der Waals surface area contributed by atoms with Gasteiger partial charge in [-0.2, -0.15) is 5.10 Å². The number of nitrogens with zero attached hydrogens (tertiary/aromatic N) is 2. The number of thiophene rings is 1. The maximum Gasteiger partial charge on any atom is 0.272 e.